The fourth-order valence-corrected chi connectivity index (χ4v) is 2.66. The van der Waals surface area contributed by atoms with Crippen LogP contribution in [0.5, 0.6) is 0 Å². The lowest BCUT2D eigenvalue weighted by Crippen LogP contribution is -2.35. The molecule has 0 aliphatic heterocycles. The zero-order valence-corrected chi connectivity index (χ0v) is 15.9. The second kappa shape index (κ2) is 8.37. The molecule has 2 rings (SSSR count). The lowest BCUT2D eigenvalue weighted by Gasteiger charge is -2.18. The van der Waals surface area contributed by atoms with Crippen LogP contribution in [0.4, 0.5) is 5.69 Å². The van der Waals surface area contributed by atoms with Crippen molar-refractivity contribution >= 4 is 40.7 Å². The molecule has 0 radical (unpaired) electrons. The lowest BCUT2D eigenvalue weighted by molar-refractivity contribution is -0.132. The summed E-state index contributed by atoms with van der Waals surface area (Å²) in [5.74, 6) is -0.409. The number of carbonyl (C=O) groups excluding carboxylic acids is 2. The van der Waals surface area contributed by atoms with Crippen LogP contribution in [0.2, 0.25) is 10.0 Å². The monoisotopic (exact) mass is 378 g/mol. The van der Waals surface area contributed by atoms with Crippen molar-refractivity contribution in [3.05, 3.63) is 63.1 Å². The van der Waals surface area contributed by atoms with Gasteiger partial charge in [-0.2, -0.15) is 0 Å². The van der Waals surface area contributed by atoms with E-state index in [1.54, 1.807) is 25.2 Å². The smallest absolute Gasteiger partial charge is 0.243 e. The number of likely N-dealkylation sites (N-methyl/N-ethyl adjacent to an activating group) is 1. The number of amides is 2. The third-order valence-corrected chi connectivity index (χ3v) is 4.76. The Hall–Kier alpha value is -2.04. The maximum Gasteiger partial charge on any atom is 0.243 e. The van der Waals surface area contributed by atoms with E-state index in [0.717, 1.165) is 22.4 Å². The summed E-state index contributed by atoms with van der Waals surface area (Å²) < 4.78 is 0. The number of nitrogens with zero attached hydrogens (tertiary/aromatic N) is 1. The predicted octanol–water partition coefficient (Wildman–Crippen LogP) is 4.25. The molecule has 0 heterocycles. The maximum absolute atomic E-state index is 12.3. The molecule has 0 bridgehead atoms. The van der Waals surface area contributed by atoms with Gasteiger partial charge in [-0.25, -0.2) is 0 Å². The van der Waals surface area contributed by atoms with Crippen molar-refractivity contribution in [1.82, 2.24) is 4.90 Å². The average molecular weight is 379 g/mol. The highest BCUT2D eigenvalue weighted by atomic mass is 35.5. The van der Waals surface area contributed by atoms with Crippen LogP contribution in [0.25, 0.3) is 0 Å². The van der Waals surface area contributed by atoms with Crippen molar-refractivity contribution in [3.63, 3.8) is 0 Å². The van der Waals surface area contributed by atoms with Gasteiger partial charge >= 0.3 is 0 Å². The number of aryl methyl sites for hydroxylation is 1. The summed E-state index contributed by atoms with van der Waals surface area (Å²) in [5, 5.41) is 3.69. The Kier molecular flexibility index (Phi) is 6.45. The largest absolute Gasteiger partial charge is 0.336 e. The summed E-state index contributed by atoms with van der Waals surface area (Å²) in [4.78, 5) is 25.9. The van der Waals surface area contributed by atoms with Crippen LogP contribution in [0.3, 0.4) is 0 Å². The quantitative estimate of drug-likeness (QED) is 0.845. The summed E-state index contributed by atoms with van der Waals surface area (Å²) in [6.45, 7) is 3.91. The maximum atomic E-state index is 12.3. The van der Waals surface area contributed by atoms with Gasteiger partial charge in [-0.05, 0) is 48.7 Å². The van der Waals surface area contributed by atoms with Crippen molar-refractivity contribution < 1.29 is 9.59 Å². The summed E-state index contributed by atoms with van der Waals surface area (Å²) in [6, 6.07) is 10.8. The second-order valence-electron chi connectivity index (χ2n) is 5.97. The number of halogens is 2. The van der Waals surface area contributed by atoms with Gasteiger partial charge in [0.1, 0.15) is 0 Å². The molecule has 2 aromatic rings. The first kappa shape index (κ1) is 19.3. The molecule has 0 aliphatic carbocycles. The zero-order valence-electron chi connectivity index (χ0n) is 14.4. The molecule has 4 nitrogen and oxygen atoms in total. The number of hydrogen-bond acceptors (Lipinski definition) is 2. The van der Waals surface area contributed by atoms with E-state index in [2.05, 4.69) is 5.32 Å². The van der Waals surface area contributed by atoms with E-state index in [4.69, 9.17) is 23.2 Å². The molecule has 0 atom stereocenters. The van der Waals surface area contributed by atoms with E-state index in [9.17, 15) is 9.59 Å². The minimum absolute atomic E-state index is 0.0203. The fourth-order valence-electron chi connectivity index (χ4n) is 2.34. The fraction of sp³-hybridized carbons (Fsp3) is 0.263. The van der Waals surface area contributed by atoms with E-state index in [1.165, 1.54) is 4.90 Å². The van der Waals surface area contributed by atoms with Crippen molar-refractivity contribution in [1.29, 1.82) is 0 Å². The predicted molar refractivity (Wildman–Crippen MR) is 102 cm³/mol. The van der Waals surface area contributed by atoms with Crippen molar-refractivity contribution in [2.75, 3.05) is 18.9 Å². The number of nitrogens with one attached hydrogen (secondary N) is 1. The molecule has 25 heavy (non-hydrogen) atoms. The average Bonchev–Trinajstić information content (AvgIpc) is 2.55. The van der Waals surface area contributed by atoms with E-state index in [1.807, 2.05) is 32.0 Å². The Morgan fingerprint density at radius 2 is 1.80 bits per heavy atom. The Bertz CT molecular complexity index is 806. The number of benzene rings is 2. The third-order valence-electron chi connectivity index (χ3n) is 4.02. The standard InChI is InChI=1S/C19H20Cl2N2O2/c1-12-5-4-6-17(13(12)2)22-18(24)11-23(3)19(25)10-14-7-8-15(20)16(21)9-14/h4-9H,10-11H2,1-3H3,(H,22,24). The van der Waals surface area contributed by atoms with Gasteiger partial charge < -0.3 is 10.2 Å². The summed E-state index contributed by atoms with van der Waals surface area (Å²) in [7, 11) is 1.60. The Morgan fingerprint density at radius 3 is 2.48 bits per heavy atom. The molecule has 2 aromatic carbocycles. The van der Waals surface area contributed by atoms with Crippen LogP contribution in [0.1, 0.15) is 16.7 Å². The van der Waals surface area contributed by atoms with Gasteiger partial charge in [0.2, 0.25) is 11.8 Å². The Labute approximate surface area is 157 Å². The Balaban J connectivity index is 1.94. The van der Waals surface area contributed by atoms with Gasteiger partial charge in [-0.1, -0.05) is 41.4 Å². The molecule has 0 unspecified atom stereocenters. The third kappa shape index (κ3) is 5.21. The van der Waals surface area contributed by atoms with Crippen LogP contribution in [-0.2, 0) is 16.0 Å². The van der Waals surface area contributed by atoms with Crippen LogP contribution in [0, 0.1) is 13.8 Å². The van der Waals surface area contributed by atoms with Crippen molar-refractivity contribution in [3.8, 4) is 0 Å². The molecule has 6 heteroatoms. The molecule has 0 aromatic heterocycles. The van der Waals surface area contributed by atoms with Crippen LogP contribution in [0.15, 0.2) is 36.4 Å². The highest BCUT2D eigenvalue weighted by Gasteiger charge is 2.15. The molecule has 0 fully saturated rings. The van der Waals surface area contributed by atoms with Gasteiger partial charge in [0.25, 0.3) is 0 Å². The molecule has 0 saturated carbocycles. The van der Waals surface area contributed by atoms with Crippen LogP contribution < -0.4 is 5.32 Å². The number of hydrogen-bond donors (Lipinski definition) is 1. The van der Waals surface area contributed by atoms with Crippen molar-refractivity contribution in [2.45, 2.75) is 20.3 Å². The number of carbonyl (C=O) groups is 2. The second-order valence-corrected chi connectivity index (χ2v) is 6.79. The molecule has 132 valence electrons. The topological polar surface area (TPSA) is 49.4 Å². The zero-order chi connectivity index (χ0) is 18.6. The summed E-state index contributed by atoms with van der Waals surface area (Å²) >= 11 is 11.8. The molecule has 0 aliphatic rings. The first-order chi connectivity index (χ1) is 11.8. The molecule has 1 N–H and O–H groups in total. The number of anilines is 1. The van der Waals surface area contributed by atoms with Gasteiger partial charge in [0, 0.05) is 12.7 Å². The van der Waals surface area contributed by atoms with Gasteiger partial charge in [0.05, 0.1) is 23.0 Å². The van der Waals surface area contributed by atoms with Crippen LogP contribution >= 0.6 is 23.2 Å². The van der Waals surface area contributed by atoms with Gasteiger partial charge in [-0.3, -0.25) is 9.59 Å². The molecular formula is C19H20Cl2N2O2. The first-order valence-electron chi connectivity index (χ1n) is 7.82. The van der Waals surface area contributed by atoms with Gasteiger partial charge in [0.15, 0.2) is 0 Å². The highest BCUT2D eigenvalue weighted by Crippen LogP contribution is 2.23. The van der Waals surface area contributed by atoms with E-state index < -0.39 is 0 Å². The number of rotatable bonds is 5. The summed E-state index contributed by atoms with van der Waals surface area (Å²) in [6.07, 6.45) is 0.157. The normalized spacial score (nSPS) is 10.4. The molecular weight excluding hydrogens is 359 g/mol. The van der Waals surface area contributed by atoms with Gasteiger partial charge in [-0.15, -0.1) is 0 Å². The highest BCUT2D eigenvalue weighted by molar-refractivity contribution is 6.42. The van der Waals surface area contributed by atoms with Crippen molar-refractivity contribution in [2.24, 2.45) is 0 Å². The minimum atomic E-state index is -0.237. The molecule has 2 amide bonds. The first-order valence-corrected chi connectivity index (χ1v) is 8.57. The summed E-state index contributed by atoms with van der Waals surface area (Å²) in [5.41, 5.74) is 3.62. The minimum Gasteiger partial charge on any atom is -0.336 e. The molecule has 0 saturated heterocycles. The Morgan fingerprint density at radius 1 is 1.08 bits per heavy atom. The van der Waals surface area contributed by atoms with E-state index in [0.29, 0.717) is 10.0 Å². The lowest BCUT2D eigenvalue weighted by atomic mass is 10.1. The molecule has 0 spiro atoms. The van der Waals surface area contributed by atoms with E-state index >= 15 is 0 Å². The SMILES string of the molecule is Cc1cccc(NC(=O)CN(C)C(=O)Cc2ccc(Cl)c(Cl)c2)c1C. The van der Waals surface area contributed by atoms with Crippen LogP contribution in [-0.4, -0.2) is 30.3 Å². The van der Waals surface area contributed by atoms with E-state index in [-0.39, 0.29) is 24.8 Å².